The molecule has 0 radical (unpaired) electrons. The highest BCUT2D eigenvalue weighted by Gasteiger charge is 2.51. The SMILES string of the molecule is COC(=O)c1ccc(N2C(=O)CC(N(C(=O)C3CC3)C3CC3)C2=O)cc1. The van der Waals surface area contributed by atoms with Crippen molar-refractivity contribution in [3.8, 4) is 0 Å². The lowest BCUT2D eigenvalue weighted by Crippen LogP contribution is -2.47. The van der Waals surface area contributed by atoms with E-state index < -0.39 is 12.0 Å². The minimum absolute atomic E-state index is 0.0153. The minimum atomic E-state index is -0.705. The summed E-state index contributed by atoms with van der Waals surface area (Å²) in [5.74, 6) is -1.13. The maximum atomic E-state index is 12.9. The van der Waals surface area contributed by atoms with Gasteiger partial charge in [0, 0.05) is 12.0 Å². The molecule has 1 aliphatic heterocycles. The van der Waals surface area contributed by atoms with E-state index in [9.17, 15) is 19.2 Å². The molecule has 7 nitrogen and oxygen atoms in total. The van der Waals surface area contributed by atoms with Crippen molar-refractivity contribution < 1.29 is 23.9 Å². The molecule has 0 spiro atoms. The van der Waals surface area contributed by atoms with Crippen molar-refractivity contribution in [1.82, 2.24) is 4.90 Å². The number of carbonyl (C=O) groups excluding carboxylic acids is 4. The van der Waals surface area contributed by atoms with Crippen LogP contribution in [0, 0.1) is 5.92 Å². The van der Waals surface area contributed by atoms with Crippen LogP contribution in [-0.2, 0) is 19.1 Å². The molecule has 1 aromatic carbocycles. The van der Waals surface area contributed by atoms with Crippen molar-refractivity contribution in [1.29, 1.82) is 0 Å². The van der Waals surface area contributed by atoms with Gasteiger partial charge in [-0.1, -0.05) is 0 Å². The second-order valence-corrected chi connectivity index (χ2v) is 7.08. The number of hydrogen-bond donors (Lipinski definition) is 0. The van der Waals surface area contributed by atoms with Crippen molar-refractivity contribution in [2.75, 3.05) is 12.0 Å². The summed E-state index contributed by atoms with van der Waals surface area (Å²) >= 11 is 0. The predicted molar refractivity (Wildman–Crippen MR) is 91.3 cm³/mol. The van der Waals surface area contributed by atoms with E-state index in [2.05, 4.69) is 4.74 Å². The van der Waals surface area contributed by atoms with E-state index in [0.29, 0.717) is 11.3 Å². The Morgan fingerprint density at radius 1 is 1.08 bits per heavy atom. The fourth-order valence-corrected chi connectivity index (χ4v) is 3.45. The largest absolute Gasteiger partial charge is 0.465 e. The lowest BCUT2D eigenvalue weighted by Gasteiger charge is -2.27. The highest BCUT2D eigenvalue weighted by molar-refractivity contribution is 6.23. The first-order valence-electron chi connectivity index (χ1n) is 8.88. The number of amides is 3. The number of imide groups is 1. The highest BCUT2D eigenvalue weighted by Crippen LogP contribution is 2.39. The van der Waals surface area contributed by atoms with Crippen LogP contribution in [-0.4, -0.2) is 47.8 Å². The van der Waals surface area contributed by atoms with Gasteiger partial charge in [0.05, 0.1) is 24.8 Å². The zero-order chi connectivity index (χ0) is 18.4. The average Bonchev–Trinajstić information content (AvgIpc) is 3.54. The Bertz CT molecular complexity index is 780. The monoisotopic (exact) mass is 356 g/mol. The molecular formula is C19H20N2O5. The summed E-state index contributed by atoms with van der Waals surface area (Å²) in [5.41, 5.74) is 0.750. The molecule has 3 aliphatic rings. The molecule has 3 fully saturated rings. The van der Waals surface area contributed by atoms with Gasteiger partial charge in [0.25, 0.3) is 5.91 Å². The first kappa shape index (κ1) is 16.8. The van der Waals surface area contributed by atoms with Crippen LogP contribution in [0.1, 0.15) is 42.5 Å². The third kappa shape index (κ3) is 2.87. The summed E-state index contributed by atoms with van der Waals surface area (Å²) in [5, 5.41) is 0. The number of anilines is 1. The number of carbonyl (C=O) groups is 4. The number of benzene rings is 1. The smallest absolute Gasteiger partial charge is 0.337 e. The molecule has 26 heavy (non-hydrogen) atoms. The van der Waals surface area contributed by atoms with Crippen LogP contribution in [0.25, 0.3) is 0 Å². The Labute approximate surface area is 150 Å². The molecule has 1 aromatic rings. The Balaban J connectivity index is 1.56. The third-order valence-electron chi connectivity index (χ3n) is 5.13. The van der Waals surface area contributed by atoms with Gasteiger partial charge < -0.3 is 9.64 Å². The summed E-state index contributed by atoms with van der Waals surface area (Å²) in [6.07, 6.45) is 3.55. The topological polar surface area (TPSA) is 84.0 Å². The summed E-state index contributed by atoms with van der Waals surface area (Å²) < 4.78 is 4.65. The molecule has 2 saturated carbocycles. The van der Waals surface area contributed by atoms with Crippen LogP contribution in [0.5, 0.6) is 0 Å². The van der Waals surface area contributed by atoms with Crippen molar-refractivity contribution in [2.24, 2.45) is 5.92 Å². The fourth-order valence-electron chi connectivity index (χ4n) is 3.45. The van der Waals surface area contributed by atoms with E-state index in [0.717, 1.165) is 30.6 Å². The number of rotatable bonds is 5. The minimum Gasteiger partial charge on any atom is -0.465 e. The summed E-state index contributed by atoms with van der Waals surface area (Å²) in [6, 6.07) is 5.52. The molecule has 7 heteroatoms. The van der Waals surface area contributed by atoms with Crippen molar-refractivity contribution >= 4 is 29.4 Å². The normalized spacial score (nSPS) is 22.5. The molecule has 0 N–H and O–H groups in total. The Morgan fingerprint density at radius 2 is 1.73 bits per heavy atom. The van der Waals surface area contributed by atoms with Crippen LogP contribution in [0.2, 0.25) is 0 Å². The zero-order valence-corrected chi connectivity index (χ0v) is 14.5. The molecule has 1 heterocycles. The molecule has 2 aliphatic carbocycles. The second-order valence-electron chi connectivity index (χ2n) is 7.08. The van der Waals surface area contributed by atoms with Gasteiger partial charge in [0.1, 0.15) is 6.04 Å². The Morgan fingerprint density at radius 3 is 2.27 bits per heavy atom. The third-order valence-corrected chi connectivity index (χ3v) is 5.13. The summed E-state index contributed by atoms with van der Waals surface area (Å²) in [6.45, 7) is 0. The molecule has 1 unspecified atom stereocenters. The number of methoxy groups -OCH3 is 1. The van der Waals surface area contributed by atoms with Gasteiger partial charge in [-0.3, -0.25) is 14.4 Å². The van der Waals surface area contributed by atoms with Gasteiger partial charge in [-0.05, 0) is 49.9 Å². The average molecular weight is 356 g/mol. The number of nitrogens with zero attached hydrogens (tertiary/aromatic N) is 2. The van der Waals surface area contributed by atoms with Gasteiger partial charge in [0.2, 0.25) is 11.8 Å². The quantitative estimate of drug-likeness (QED) is 0.590. The second kappa shape index (κ2) is 6.23. The highest BCUT2D eigenvalue weighted by atomic mass is 16.5. The molecular weight excluding hydrogens is 336 g/mol. The molecule has 3 amide bonds. The Hall–Kier alpha value is -2.70. The molecule has 1 atom stereocenters. The van der Waals surface area contributed by atoms with Crippen molar-refractivity contribution in [3.05, 3.63) is 29.8 Å². The van der Waals surface area contributed by atoms with Crippen LogP contribution in [0.15, 0.2) is 24.3 Å². The first-order valence-corrected chi connectivity index (χ1v) is 8.88. The van der Waals surface area contributed by atoms with E-state index in [4.69, 9.17) is 0 Å². The fraction of sp³-hybridized carbons (Fsp3) is 0.474. The van der Waals surface area contributed by atoms with E-state index in [1.165, 1.54) is 19.2 Å². The molecule has 4 rings (SSSR count). The van der Waals surface area contributed by atoms with Gasteiger partial charge in [-0.2, -0.15) is 0 Å². The van der Waals surface area contributed by atoms with Gasteiger partial charge in [0.15, 0.2) is 0 Å². The van der Waals surface area contributed by atoms with E-state index in [1.807, 2.05) is 0 Å². The molecule has 1 saturated heterocycles. The summed E-state index contributed by atoms with van der Waals surface area (Å²) in [7, 11) is 1.29. The van der Waals surface area contributed by atoms with Crippen LogP contribution < -0.4 is 4.90 Å². The lowest BCUT2D eigenvalue weighted by atomic mass is 10.1. The van der Waals surface area contributed by atoms with Crippen LogP contribution in [0.3, 0.4) is 0 Å². The maximum absolute atomic E-state index is 12.9. The van der Waals surface area contributed by atoms with Gasteiger partial charge >= 0.3 is 5.97 Å². The van der Waals surface area contributed by atoms with Crippen LogP contribution >= 0.6 is 0 Å². The number of esters is 1. The maximum Gasteiger partial charge on any atom is 0.337 e. The van der Waals surface area contributed by atoms with E-state index in [1.54, 1.807) is 17.0 Å². The molecule has 136 valence electrons. The van der Waals surface area contributed by atoms with E-state index >= 15 is 0 Å². The molecule has 0 aromatic heterocycles. The first-order chi connectivity index (χ1) is 12.5. The van der Waals surface area contributed by atoms with Crippen LogP contribution in [0.4, 0.5) is 5.69 Å². The lowest BCUT2D eigenvalue weighted by molar-refractivity contribution is -0.140. The van der Waals surface area contributed by atoms with Crippen molar-refractivity contribution in [3.63, 3.8) is 0 Å². The summed E-state index contributed by atoms with van der Waals surface area (Å²) in [4.78, 5) is 52.4. The van der Waals surface area contributed by atoms with E-state index in [-0.39, 0.29) is 36.1 Å². The number of ether oxygens (including phenoxy) is 1. The van der Waals surface area contributed by atoms with Crippen molar-refractivity contribution in [2.45, 2.75) is 44.2 Å². The zero-order valence-electron chi connectivity index (χ0n) is 14.5. The van der Waals surface area contributed by atoms with Gasteiger partial charge in [-0.15, -0.1) is 0 Å². The standard InChI is InChI=1S/C19H20N2O5/c1-26-19(25)12-4-6-14(7-5-12)21-16(22)10-15(18(21)24)20(13-8-9-13)17(23)11-2-3-11/h4-7,11,13,15H,2-3,8-10H2,1H3. The predicted octanol–water partition coefficient (Wildman–Crippen LogP) is 1.51. The molecule has 0 bridgehead atoms. The Kier molecular flexibility index (Phi) is 4.01. The van der Waals surface area contributed by atoms with Gasteiger partial charge in [-0.25, -0.2) is 9.69 Å². The number of hydrogen-bond acceptors (Lipinski definition) is 5.